The summed E-state index contributed by atoms with van der Waals surface area (Å²) in [5.74, 6) is -2.41. The number of benzene rings is 3. The van der Waals surface area contributed by atoms with Gasteiger partial charge in [-0.25, -0.2) is 9.59 Å². The molecule has 0 radical (unpaired) electrons. The Hall–Kier alpha value is -4.83. The number of ether oxygens (including phenoxy) is 2. The predicted octanol–water partition coefficient (Wildman–Crippen LogP) is 4.56. The number of rotatable bonds is 5. The first-order chi connectivity index (χ1) is 17.4. The first-order valence-electron chi connectivity index (χ1n) is 11.2. The molecule has 1 heterocycles. The van der Waals surface area contributed by atoms with Crippen LogP contribution in [0.15, 0.2) is 102 Å². The van der Waals surface area contributed by atoms with E-state index in [9.17, 15) is 14.9 Å². The van der Waals surface area contributed by atoms with E-state index in [4.69, 9.17) is 15.2 Å². The maximum atomic E-state index is 13.1. The summed E-state index contributed by atoms with van der Waals surface area (Å²) >= 11 is 0. The molecule has 36 heavy (non-hydrogen) atoms. The first-order valence-corrected chi connectivity index (χ1v) is 11.2. The van der Waals surface area contributed by atoms with Crippen LogP contribution in [0.1, 0.15) is 17.0 Å². The zero-order valence-corrected chi connectivity index (χ0v) is 20.2. The van der Waals surface area contributed by atoms with E-state index in [-0.39, 0.29) is 22.7 Å². The molecular formula is C29H25N3O4. The van der Waals surface area contributed by atoms with Crippen LogP contribution in [-0.2, 0) is 19.1 Å². The number of hydrogen-bond acceptors (Lipinski definition) is 7. The Morgan fingerprint density at radius 1 is 0.861 bits per heavy atom. The molecule has 0 saturated heterocycles. The number of aryl methyl sites for hydroxylation is 1. The molecule has 1 unspecified atom stereocenters. The SMILES string of the molecule is COC(=O)C1=C(C(=O)OC)N(c2ccc(-c3ccc(C)cc3)cc2)C(N)=C(C#N)C1c1ccccc1. The number of methoxy groups -OCH3 is 2. The summed E-state index contributed by atoms with van der Waals surface area (Å²) in [6.07, 6.45) is 0. The normalized spacial score (nSPS) is 15.4. The van der Waals surface area contributed by atoms with E-state index >= 15 is 0 Å². The molecule has 3 aromatic rings. The van der Waals surface area contributed by atoms with Crippen molar-refractivity contribution in [1.29, 1.82) is 5.26 Å². The highest BCUT2D eigenvalue weighted by Crippen LogP contribution is 2.43. The summed E-state index contributed by atoms with van der Waals surface area (Å²) < 4.78 is 10.1. The molecule has 0 saturated carbocycles. The number of anilines is 1. The van der Waals surface area contributed by atoms with Gasteiger partial charge in [0.1, 0.15) is 11.5 Å². The topological polar surface area (TPSA) is 106 Å². The van der Waals surface area contributed by atoms with Crippen LogP contribution in [0.2, 0.25) is 0 Å². The van der Waals surface area contributed by atoms with Gasteiger partial charge < -0.3 is 15.2 Å². The van der Waals surface area contributed by atoms with Crippen LogP contribution in [-0.4, -0.2) is 26.2 Å². The van der Waals surface area contributed by atoms with Crippen LogP contribution in [0.25, 0.3) is 11.1 Å². The highest BCUT2D eigenvalue weighted by Gasteiger charge is 2.42. The average Bonchev–Trinajstić information content (AvgIpc) is 2.92. The Bertz CT molecular complexity index is 1400. The van der Waals surface area contributed by atoms with Crippen molar-refractivity contribution in [2.45, 2.75) is 12.8 Å². The molecule has 0 bridgehead atoms. The summed E-state index contributed by atoms with van der Waals surface area (Å²) in [5, 5.41) is 10.1. The lowest BCUT2D eigenvalue weighted by Crippen LogP contribution is -2.40. The van der Waals surface area contributed by atoms with Gasteiger partial charge in [-0.15, -0.1) is 0 Å². The fraction of sp³-hybridized carbons (Fsp3) is 0.138. The van der Waals surface area contributed by atoms with Gasteiger partial charge in [-0.05, 0) is 35.7 Å². The first kappa shape index (κ1) is 24.3. The van der Waals surface area contributed by atoms with Gasteiger partial charge in [-0.2, -0.15) is 5.26 Å². The Morgan fingerprint density at radius 2 is 1.42 bits per heavy atom. The van der Waals surface area contributed by atoms with Gasteiger partial charge in [0.15, 0.2) is 0 Å². The summed E-state index contributed by atoms with van der Waals surface area (Å²) in [5.41, 5.74) is 10.8. The van der Waals surface area contributed by atoms with Crippen molar-refractivity contribution in [3.05, 3.63) is 113 Å². The molecule has 1 aliphatic rings. The van der Waals surface area contributed by atoms with Crippen LogP contribution in [0.4, 0.5) is 5.69 Å². The van der Waals surface area contributed by atoms with Crippen LogP contribution in [0, 0.1) is 18.3 Å². The maximum Gasteiger partial charge on any atom is 0.355 e. The third kappa shape index (κ3) is 4.32. The lowest BCUT2D eigenvalue weighted by Gasteiger charge is -2.35. The van der Waals surface area contributed by atoms with Crippen LogP contribution in [0.5, 0.6) is 0 Å². The van der Waals surface area contributed by atoms with Gasteiger partial charge >= 0.3 is 11.9 Å². The second-order valence-electron chi connectivity index (χ2n) is 8.25. The molecule has 1 atom stereocenters. The Labute approximate surface area is 209 Å². The number of carbonyl (C=O) groups is 2. The highest BCUT2D eigenvalue weighted by atomic mass is 16.5. The molecule has 1 aliphatic heterocycles. The van der Waals surface area contributed by atoms with Gasteiger partial charge in [0, 0.05) is 5.69 Å². The molecular weight excluding hydrogens is 454 g/mol. The van der Waals surface area contributed by atoms with Crippen LogP contribution >= 0.6 is 0 Å². The van der Waals surface area contributed by atoms with Crippen LogP contribution in [0.3, 0.4) is 0 Å². The van der Waals surface area contributed by atoms with E-state index in [2.05, 4.69) is 6.07 Å². The molecule has 7 heteroatoms. The van der Waals surface area contributed by atoms with Gasteiger partial charge in [0.2, 0.25) is 0 Å². The van der Waals surface area contributed by atoms with Crippen molar-refractivity contribution in [2.75, 3.05) is 19.1 Å². The highest BCUT2D eigenvalue weighted by molar-refractivity contribution is 6.06. The number of nitrogens with zero attached hydrogens (tertiary/aromatic N) is 2. The Morgan fingerprint density at radius 3 is 1.94 bits per heavy atom. The number of hydrogen-bond donors (Lipinski definition) is 1. The molecule has 3 aromatic carbocycles. The number of esters is 2. The minimum atomic E-state index is -0.902. The minimum Gasteiger partial charge on any atom is -0.466 e. The third-order valence-corrected chi connectivity index (χ3v) is 6.12. The largest absolute Gasteiger partial charge is 0.466 e. The predicted molar refractivity (Wildman–Crippen MR) is 136 cm³/mol. The molecule has 180 valence electrons. The zero-order chi connectivity index (χ0) is 25.8. The standard InChI is InChI=1S/C29H25N3O4/c1-18-9-11-19(12-10-18)20-13-15-22(16-14-20)32-26(29(34)36-3)25(28(33)35-2)24(23(17-30)27(32)31)21-7-5-4-6-8-21/h4-16,24H,31H2,1-3H3. The minimum absolute atomic E-state index is 0.0242. The monoisotopic (exact) mass is 479 g/mol. The van der Waals surface area contributed by atoms with E-state index in [0.717, 1.165) is 16.7 Å². The van der Waals surface area contributed by atoms with Crippen LogP contribution < -0.4 is 10.6 Å². The lowest BCUT2D eigenvalue weighted by molar-refractivity contribution is -0.139. The van der Waals surface area contributed by atoms with Gasteiger partial charge in [0.05, 0.1) is 37.4 Å². The quantitative estimate of drug-likeness (QED) is 0.535. The van der Waals surface area contributed by atoms with Crippen molar-refractivity contribution in [3.8, 4) is 17.2 Å². The van der Waals surface area contributed by atoms with E-state index in [0.29, 0.717) is 11.3 Å². The molecule has 0 spiro atoms. The molecule has 0 aliphatic carbocycles. The van der Waals surface area contributed by atoms with Crippen molar-refractivity contribution in [2.24, 2.45) is 5.73 Å². The number of allylic oxidation sites excluding steroid dienone is 1. The third-order valence-electron chi connectivity index (χ3n) is 6.12. The fourth-order valence-corrected chi connectivity index (χ4v) is 4.33. The van der Waals surface area contributed by atoms with E-state index < -0.39 is 17.9 Å². The molecule has 0 amide bonds. The summed E-state index contributed by atoms with van der Waals surface area (Å²) in [7, 11) is 2.45. The summed E-state index contributed by atoms with van der Waals surface area (Å²) in [4.78, 5) is 27.6. The Balaban J connectivity index is 1.93. The van der Waals surface area contributed by atoms with Gasteiger partial charge in [0.25, 0.3) is 0 Å². The number of nitriles is 1. The molecule has 7 nitrogen and oxygen atoms in total. The van der Waals surface area contributed by atoms with E-state index in [1.54, 1.807) is 36.4 Å². The molecule has 0 aromatic heterocycles. The van der Waals surface area contributed by atoms with Gasteiger partial charge in [-0.1, -0.05) is 72.3 Å². The van der Waals surface area contributed by atoms with Gasteiger partial charge in [-0.3, -0.25) is 4.90 Å². The van der Waals surface area contributed by atoms with Crippen molar-refractivity contribution in [3.63, 3.8) is 0 Å². The zero-order valence-electron chi connectivity index (χ0n) is 20.2. The molecule has 0 fully saturated rings. The number of nitrogens with two attached hydrogens (primary N) is 1. The van der Waals surface area contributed by atoms with E-state index in [1.165, 1.54) is 19.1 Å². The molecule has 4 rings (SSSR count). The number of carbonyl (C=O) groups excluding carboxylic acids is 2. The second kappa shape index (κ2) is 10.2. The lowest BCUT2D eigenvalue weighted by atomic mass is 9.81. The fourth-order valence-electron chi connectivity index (χ4n) is 4.33. The average molecular weight is 480 g/mol. The van der Waals surface area contributed by atoms with Crippen molar-refractivity contribution < 1.29 is 19.1 Å². The Kier molecular flexibility index (Phi) is 6.88. The van der Waals surface area contributed by atoms with Crippen molar-refractivity contribution in [1.82, 2.24) is 0 Å². The maximum absolute atomic E-state index is 13.1. The summed E-state index contributed by atoms with van der Waals surface area (Å²) in [6.45, 7) is 2.02. The van der Waals surface area contributed by atoms with E-state index in [1.807, 2.05) is 49.4 Å². The molecule has 2 N–H and O–H groups in total. The second-order valence-corrected chi connectivity index (χ2v) is 8.25. The smallest absolute Gasteiger partial charge is 0.355 e. The van der Waals surface area contributed by atoms with Crippen molar-refractivity contribution >= 4 is 17.6 Å². The summed E-state index contributed by atoms with van der Waals surface area (Å²) in [6, 6.07) is 26.5.